The second-order valence-electron chi connectivity index (χ2n) is 4.74. The highest BCUT2D eigenvalue weighted by molar-refractivity contribution is 9.08. The van der Waals surface area contributed by atoms with Crippen molar-refractivity contribution >= 4 is 15.9 Å². The molecule has 0 unspecified atom stereocenters. The van der Waals surface area contributed by atoms with Crippen LogP contribution >= 0.6 is 15.9 Å². The van der Waals surface area contributed by atoms with Crippen molar-refractivity contribution in [2.45, 2.75) is 25.6 Å². The van der Waals surface area contributed by atoms with E-state index < -0.39 is 0 Å². The molecule has 4 heteroatoms. The Morgan fingerprint density at radius 2 is 1.95 bits per heavy atom. The SMILES string of the molecule is Cc1cc(CBr)cc(C)c1OCCc1ccnn1C. The number of halogens is 1. The predicted molar refractivity (Wildman–Crippen MR) is 81.0 cm³/mol. The van der Waals surface area contributed by atoms with Crippen LogP contribution in [0.25, 0.3) is 0 Å². The lowest BCUT2D eigenvalue weighted by Gasteiger charge is -2.13. The van der Waals surface area contributed by atoms with Gasteiger partial charge in [0.1, 0.15) is 5.75 Å². The van der Waals surface area contributed by atoms with Gasteiger partial charge in [0, 0.05) is 30.7 Å². The number of aromatic nitrogens is 2. The molecule has 2 rings (SSSR count). The zero-order chi connectivity index (χ0) is 13.8. The van der Waals surface area contributed by atoms with Gasteiger partial charge in [-0.15, -0.1) is 0 Å². The fraction of sp³-hybridized carbons (Fsp3) is 0.400. The molecular formula is C15H19BrN2O. The summed E-state index contributed by atoms with van der Waals surface area (Å²) in [6.45, 7) is 4.87. The number of alkyl halides is 1. The second-order valence-corrected chi connectivity index (χ2v) is 5.30. The minimum absolute atomic E-state index is 0.675. The van der Waals surface area contributed by atoms with Crippen molar-refractivity contribution in [3.63, 3.8) is 0 Å². The molecule has 0 saturated heterocycles. The van der Waals surface area contributed by atoms with E-state index in [-0.39, 0.29) is 0 Å². The van der Waals surface area contributed by atoms with Crippen molar-refractivity contribution in [1.29, 1.82) is 0 Å². The quantitative estimate of drug-likeness (QED) is 0.787. The average molecular weight is 323 g/mol. The molecular weight excluding hydrogens is 304 g/mol. The lowest BCUT2D eigenvalue weighted by Crippen LogP contribution is -2.07. The Morgan fingerprint density at radius 3 is 2.47 bits per heavy atom. The van der Waals surface area contributed by atoms with Crippen LogP contribution in [-0.4, -0.2) is 16.4 Å². The smallest absolute Gasteiger partial charge is 0.125 e. The standard InChI is InChI=1S/C15H19BrN2O/c1-11-8-13(10-16)9-12(2)15(11)19-7-5-14-4-6-17-18(14)3/h4,6,8-9H,5,7,10H2,1-3H3. The van der Waals surface area contributed by atoms with Crippen molar-refractivity contribution in [3.05, 3.63) is 46.8 Å². The molecule has 0 radical (unpaired) electrons. The number of nitrogens with zero attached hydrogens (tertiary/aromatic N) is 2. The summed E-state index contributed by atoms with van der Waals surface area (Å²) in [6.07, 6.45) is 2.69. The van der Waals surface area contributed by atoms with Gasteiger partial charge in [0.2, 0.25) is 0 Å². The third-order valence-electron chi connectivity index (χ3n) is 3.20. The molecule has 0 fully saturated rings. The highest BCUT2D eigenvalue weighted by atomic mass is 79.9. The minimum Gasteiger partial charge on any atom is -0.493 e. The van der Waals surface area contributed by atoms with E-state index in [0.29, 0.717) is 6.61 Å². The molecule has 0 saturated carbocycles. The van der Waals surface area contributed by atoms with Crippen LogP contribution in [0.4, 0.5) is 0 Å². The van der Waals surface area contributed by atoms with Gasteiger partial charge in [0.15, 0.2) is 0 Å². The molecule has 0 aliphatic heterocycles. The minimum atomic E-state index is 0.675. The first-order valence-electron chi connectivity index (χ1n) is 6.37. The molecule has 1 aromatic carbocycles. The Balaban J connectivity index is 2.02. The van der Waals surface area contributed by atoms with Crippen LogP contribution in [0.2, 0.25) is 0 Å². The van der Waals surface area contributed by atoms with Crippen molar-refractivity contribution in [2.24, 2.45) is 7.05 Å². The van der Waals surface area contributed by atoms with Gasteiger partial charge in [-0.2, -0.15) is 5.10 Å². The van der Waals surface area contributed by atoms with E-state index >= 15 is 0 Å². The monoisotopic (exact) mass is 322 g/mol. The predicted octanol–water partition coefficient (Wildman–Crippen LogP) is 3.55. The van der Waals surface area contributed by atoms with Crippen LogP contribution in [0.3, 0.4) is 0 Å². The summed E-state index contributed by atoms with van der Waals surface area (Å²) in [7, 11) is 1.95. The van der Waals surface area contributed by atoms with Crippen molar-refractivity contribution < 1.29 is 4.74 Å². The molecule has 0 atom stereocenters. The third-order valence-corrected chi connectivity index (χ3v) is 3.85. The molecule has 0 spiro atoms. The topological polar surface area (TPSA) is 27.1 Å². The largest absolute Gasteiger partial charge is 0.493 e. The van der Waals surface area contributed by atoms with E-state index in [4.69, 9.17) is 4.74 Å². The van der Waals surface area contributed by atoms with E-state index in [0.717, 1.165) is 17.5 Å². The maximum absolute atomic E-state index is 5.94. The molecule has 19 heavy (non-hydrogen) atoms. The van der Waals surface area contributed by atoms with Crippen LogP contribution in [-0.2, 0) is 18.8 Å². The summed E-state index contributed by atoms with van der Waals surface area (Å²) in [5, 5.41) is 5.03. The van der Waals surface area contributed by atoms with Gasteiger partial charge in [-0.05, 0) is 36.6 Å². The molecule has 1 aromatic heterocycles. The number of aryl methyl sites for hydroxylation is 3. The van der Waals surface area contributed by atoms with Gasteiger partial charge < -0.3 is 4.74 Å². The highest BCUT2D eigenvalue weighted by Gasteiger charge is 2.07. The summed E-state index contributed by atoms with van der Waals surface area (Å²) in [4.78, 5) is 0. The number of hydrogen-bond acceptors (Lipinski definition) is 2. The summed E-state index contributed by atoms with van der Waals surface area (Å²) < 4.78 is 7.82. The molecule has 0 amide bonds. The Kier molecular flexibility index (Phi) is 4.64. The molecule has 3 nitrogen and oxygen atoms in total. The van der Waals surface area contributed by atoms with Gasteiger partial charge >= 0.3 is 0 Å². The van der Waals surface area contributed by atoms with E-state index in [2.05, 4.69) is 47.0 Å². The zero-order valence-electron chi connectivity index (χ0n) is 11.6. The molecule has 1 heterocycles. The van der Waals surface area contributed by atoms with Crippen LogP contribution in [0.1, 0.15) is 22.4 Å². The van der Waals surface area contributed by atoms with Crippen LogP contribution in [0.15, 0.2) is 24.4 Å². The van der Waals surface area contributed by atoms with Crippen molar-refractivity contribution in [3.8, 4) is 5.75 Å². The molecule has 0 aliphatic carbocycles. The van der Waals surface area contributed by atoms with Crippen molar-refractivity contribution in [2.75, 3.05) is 6.61 Å². The number of rotatable bonds is 5. The Morgan fingerprint density at radius 1 is 1.26 bits per heavy atom. The molecule has 0 N–H and O–H groups in total. The van der Waals surface area contributed by atoms with Crippen LogP contribution < -0.4 is 4.74 Å². The molecule has 0 aliphatic rings. The second kappa shape index (κ2) is 6.24. The van der Waals surface area contributed by atoms with Crippen LogP contribution in [0.5, 0.6) is 5.75 Å². The normalized spacial score (nSPS) is 10.7. The highest BCUT2D eigenvalue weighted by Crippen LogP contribution is 2.25. The maximum atomic E-state index is 5.94. The van der Waals surface area contributed by atoms with Gasteiger partial charge in [-0.3, -0.25) is 4.68 Å². The van der Waals surface area contributed by atoms with E-state index in [1.807, 2.05) is 24.0 Å². The summed E-state index contributed by atoms with van der Waals surface area (Å²) in [5.41, 5.74) is 4.86. The summed E-state index contributed by atoms with van der Waals surface area (Å²) in [5.74, 6) is 1.01. The molecule has 0 bridgehead atoms. The first-order valence-corrected chi connectivity index (χ1v) is 7.49. The third kappa shape index (κ3) is 3.38. The van der Waals surface area contributed by atoms with Gasteiger partial charge in [0.05, 0.1) is 6.61 Å². The lowest BCUT2D eigenvalue weighted by molar-refractivity contribution is 0.314. The lowest BCUT2D eigenvalue weighted by atomic mass is 10.1. The van der Waals surface area contributed by atoms with Crippen molar-refractivity contribution in [1.82, 2.24) is 9.78 Å². The van der Waals surface area contributed by atoms with E-state index in [1.165, 1.54) is 22.4 Å². The maximum Gasteiger partial charge on any atom is 0.125 e. The Hall–Kier alpha value is -1.29. The first kappa shape index (κ1) is 14.1. The Bertz CT molecular complexity index is 540. The number of hydrogen-bond donors (Lipinski definition) is 0. The summed E-state index contributed by atoms with van der Waals surface area (Å²) in [6, 6.07) is 6.36. The summed E-state index contributed by atoms with van der Waals surface area (Å²) >= 11 is 3.49. The van der Waals surface area contributed by atoms with Gasteiger partial charge in [0.25, 0.3) is 0 Å². The Labute approximate surface area is 122 Å². The van der Waals surface area contributed by atoms with Gasteiger partial charge in [-0.1, -0.05) is 28.1 Å². The van der Waals surface area contributed by atoms with E-state index in [1.54, 1.807) is 0 Å². The first-order chi connectivity index (χ1) is 9.11. The fourth-order valence-electron chi connectivity index (χ4n) is 2.25. The number of ether oxygens (including phenoxy) is 1. The zero-order valence-corrected chi connectivity index (χ0v) is 13.2. The average Bonchev–Trinajstić information content (AvgIpc) is 2.78. The van der Waals surface area contributed by atoms with Crippen LogP contribution in [0, 0.1) is 13.8 Å². The van der Waals surface area contributed by atoms with Gasteiger partial charge in [-0.25, -0.2) is 0 Å². The molecule has 102 valence electrons. The fourth-order valence-corrected chi connectivity index (χ4v) is 2.57. The number of benzene rings is 1. The molecule has 2 aromatic rings. The van der Waals surface area contributed by atoms with E-state index in [9.17, 15) is 0 Å².